The van der Waals surface area contributed by atoms with Gasteiger partial charge in [-0.05, 0) is 25.3 Å². The van der Waals surface area contributed by atoms with Crippen molar-refractivity contribution in [2.24, 2.45) is 0 Å². The van der Waals surface area contributed by atoms with Crippen molar-refractivity contribution in [2.45, 2.75) is 19.8 Å². The Bertz CT molecular complexity index is 262. The average molecular weight is 176 g/mol. The van der Waals surface area contributed by atoms with Crippen LogP contribution in [0.15, 0.2) is 42.0 Å². The zero-order valence-electron chi connectivity index (χ0n) is 8.03. The summed E-state index contributed by atoms with van der Waals surface area (Å²) in [4.78, 5) is 0. The van der Waals surface area contributed by atoms with Crippen LogP contribution < -0.4 is 0 Å². The summed E-state index contributed by atoms with van der Waals surface area (Å²) in [5, 5.41) is 8.76. The molecule has 1 nitrogen and oxygen atoms in total. The van der Waals surface area contributed by atoms with Gasteiger partial charge in [-0.1, -0.05) is 42.0 Å². The standard InChI is InChI=1S/C12H16O/c1-11(10-13)6-5-9-12-7-3-2-4-8-12/h2-4,6-8,13H,5,9-10H2,1H3. The maximum Gasteiger partial charge on any atom is 0.0639 e. The van der Waals surface area contributed by atoms with Gasteiger partial charge in [0.05, 0.1) is 6.61 Å². The van der Waals surface area contributed by atoms with Gasteiger partial charge in [-0.15, -0.1) is 0 Å². The van der Waals surface area contributed by atoms with Gasteiger partial charge >= 0.3 is 0 Å². The Labute approximate surface area is 79.7 Å². The Morgan fingerprint density at radius 2 is 2.00 bits per heavy atom. The largest absolute Gasteiger partial charge is 0.392 e. The van der Waals surface area contributed by atoms with E-state index >= 15 is 0 Å². The molecule has 0 saturated carbocycles. The highest BCUT2D eigenvalue weighted by Crippen LogP contribution is 2.04. The minimum Gasteiger partial charge on any atom is -0.392 e. The number of aryl methyl sites for hydroxylation is 1. The number of hydrogen-bond donors (Lipinski definition) is 1. The number of benzene rings is 1. The third-order valence-corrected chi connectivity index (χ3v) is 2.02. The van der Waals surface area contributed by atoms with E-state index in [0.29, 0.717) is 0 Å². The highest BCUT2D eigenvalue weighted by molar-refractivity contribution is 5.15. The smallest absolute Gasteiger partial charge is 0.0639 e. The summed E-state index contributed by atoms with van der Waals surface area (Å²) in [5.74, 6) is 0. The van der Waals surface area contributed by atoms with E-state index in [-0.39, 0.29) is 6.61 Å². The van der Waals surface area contributed by atoms with E-state index in [9.17, 15) is 0 Å². The molecule has 0 aliphatic rings. The highest BCUT2D eigenvalue weighted by atomic mass is 16.3. The maximum atomic E-state index is 8.76. The summed E-state index contributed by atoms with van der Waals surface area (Å²) in [6.07, 6.45) is 4.15. The van der Waals surface area contributed by atoms with Crippen LogP contribution in [-0.2, 0) is 6.42 Å². The molecule has 0 aromatic heterocycles. The van der Waals surface area contributed by atoms with Crippen molar-refractivity contribution in [3.05, 3.63) is 47.5 Å². The zero-order chi connectivity index (χ0) is 9.52. The van der Waals surface area contributed by atoms with E-state index in [1.165, 1.54) is 5.56 Å². The molecule has 0 unspecified atom stereocenters. The number of aliphatic hydroxyl groups excluding tert-OH is 1. The molecule has 0 bridgehead atoms. The third-order valence-electron chi connectivity index (χ3n) is 2.02. The van der Waals surface area contributed by atoms with Crippen molar-refractivity contribution in [2.75, 3.05) is 6.61 Å². The Kier molecular flexibility index (Phi) is 4.27. The van der Waals surface area contributed by atoms with E-state index in [0.717, 1.165) is 18.4 Å². The normalized spacial score (nSPS) is 11.7. The fourth-order valence-corrected chi connectivity index (χ4v) is 1.19. The first kappa shape index (κ1) is 10.0. The average Bonchev–Trinajstić information content (AvgIpc) is 2.19. The Morgan fingerprint density at radius 1 is 1.31 bits per heavy atom. The summed E-state index contributed by atoms with van der Waals surface area (Å²) < 4.78 is 0. The second-order valence-electron chi connectivity index (χ2n) is 3.23. The van der Waals surface area contributed by atoms with Crippen LogP contribution in [0.1, 0.15) is 18.9 Å². The zero-order valence-corrected chi connectivity index (χ0v) is 8.03. The number of allylic oxidation sites excluding steroid dienone is 1. The molecule has 1 rings (SSSR count). The molecule has 0 heterocycles. The molecule has 0 amide bonds. The van der Waals surface area contributed by atoms with Crippen molar-refractivity contribution in [3.8, 4) is 0 Å². The van der Waals surface area contributed by atoms with Crippen molar-refractivity contribution in [1.29, 1.82) is 0 Å². The maximum absolute atomic E-state index is 8.76. The summed E-state index contributed by atoms with van der Waals surface area (Å²) in [5.41, 5.74) is 2.40. The van der Waals surface area contributed by atoms with Crippen LogP contribution in [-0.4, -0.2) is 11.7 Å². The number of aliphatic hydroxyl groups is 1. The lowest BCUT2D eigenvalue weighted by Crippen LogP contribution is -1.86. The minimum atomic E-state index is 0.175. The molecule has 1 heteroatoms. The van der Waals surface area contributed by atoms with Crippen molar-refractivity contribution in [3.63, 3.8) is 0 Å². The van der Waals surface area contributed by atoms with Crippen LogP contribution >= 0.6 is 0 Å². The van der Waals surface area contributed by atoms with Crippen molar-refractivity contribution >= 4 is 0 Å². The second-order valence-corrected chi connectivity index (χ2v) is 3.23. The molecule has 0 atom stereocenters. The summed E-state index contributed by atoms with van der Waals surface area (Å²) in [7, 11) is 0. The molecule has 1 aromatic rings. The molecule has 0 aliphatic carbocycles. The Balaban J connectivity index is 2.36. The van der Waals surface area contributed by atoms with Gasteiger partial charge in [0.2, 0.25) is 0 Å². The van der Waals surface area contributed by atoms with Gasteiger partial charge in [0.1, 0.15) is 0 Å². The number of rotatable bonds is 4. The topological polar surface area (TPSA) is 20.2 Å². The predicted octanol–water partition coefficient (Wildman–Crippen LogP) is 2.56. The molecule has 0 saturated heterocycles. The molecule has 0 radical (unpaired) electrons. The molecule has 0 aliphatic heterocycles. The number of hydrogen-bond acceptors (Lipinski definition) is 1. The fourth-order valence-electron chi connectivity index (χ4n) is 1.19. The van der Waals surface area contributed by atoms with Gasteiger partial charge in [-0.25, -0.2) is 0 Å². The van der Waals surface area contributed by atoms with E-state index in [1.54, 1.807) is 0 Å². The summed E-state index contributed by atoms with van der Waals surface area (Å²) >= 11 is 0. The molecular weight excluding hydrogens is 160 g/mol. The van der Waals surface area contributed by atoms with Crippen LogP contribution in [0.3, 0.4) is 0 Å². The Morgan fingerprint density at radius 3 is 2.62 bits per heavy atom. The first-order valence-corrected chi connectivity index (χ1v) is 4.63. The van der Waals surface area contributed by atoms with Gasteiger partial charge < -0.3 is 5.11 Å². The lowest BCUT2D eigenvalue weighted by atomic mass is 10.1. The predicted molar refractivity (Wildman–Crippen MR) is 55.6 cm³/mol. The first-order valence-electron chi connectivity index (χ1n) is 4.63. The van der Waals surface area contributed by atoms with Gasteiger partial charge in [-0.2, -0.15) is 0 Å². The monoisotopic (exact) mass is 176 g/mol. The molecule has 70 valence electrons. The third kappa shape index (κ3) is 3.90. The molecule has 13 heavy (non-hydrogen) atoms. The summed E-state index contributed by atoms with van der Waals surface area (Å²) in [6.45, 7) is 2.12. The highest BCUT2D eigenvalue weighted by Gasteiger charge is 1.89. The van der Waals surface area contributed by atoms with Crippen molar-refractivity contribution in [1.82, 2.24) is 0 Å². The Hall–Kier alpha value is -1.08. The molecule has 0 fully saturated rings. The van der Waals surface area contributed by atoms with E-state index < -0.39 is 0 Å². The van der Waals surface area contributed by atoms with Crippen LogP contribution in [0.5, 0.6) is 0 Å². The van der Waals surface area contributed by atoms with Crippen LogP contribution in [0, 0.1) is 0 Å². The quantitative estimate of drug-likeness (QED) is 0.699. The molecular formula is C12H16O. The molecule has 1 N–H and O–H groups in total. The first-order chi connectivity index (χ1) is 6.33. The van der Waals surface area contributed by atoms with Gasteiger partial charge in [0, 0.05) is 0 Å². The van der Waals surface area contributed by atoms with Crippen LogP contribution in [0.4, 0.5) is 0 Å². The van der Waals surface area contributed by atoms with E-state index in [4.69, 9.17) is 5.11 Å². The van der Waals surface area contributed by atoms with Crippen LogP contribution in [0.2, 0.25) is 0 Å². The second kappa shape index (κ2) is 5.55. The molecule has 0 spiro atoms. The minimum absolute atomic E-state index is 0.175. The summed E-state index contributed by atoms with van der Waals surface area (Å²) in [6, 6.07) is 10.4. The fraction of sp³-hybridized carbons (Fsp3) is 0.333. The SMILES string of the molecule is CC(=CCCc1ccccc1)CO. The van der Waals surface area contributed by atoms with Crippen LogP contribution in [0.25, 0.3) is 0 Å². The molecule has 1 aromatic carbocycles. The van der Waals surface area contributed by atoms with E-state index in [2.05, 4.69) is 30.3 Å². The van der Waals surface area contributed by atoms with Gasteiger partial charge in [0.25, 0.3) is 0 Å². The lowest BCUT2D eigenvalue weighted by molar-refractivity contribution is 0.331. The van der Waals surface area contributed by atoms with E-state index in [1.807, 2.05) is 13.0 Å². The lowest BCUT2D eigenvalue weighted by Gasteiger charge is -1.98. The van der Waals surface area contributed by atoms with Gasteiger partial charge in [-0.3, -0.25) is 0 Å². The van der Waals surface area contributed by atoms with Crippen molar-refractivity contribution < 1.29 is 5.11 Å². The van der Waals surface area contributed by atoms with Gasteiger partial charge in [0.15, 0.2) is 0 Å².